The average Bonchev–Trinajstić information content (AvgIpc) is 2.46. The van der Waals surface area contributed by atoms with E-state index in [-0.39, 0.29) is 16.8 Å². The smallest absolute Gasteiger partial charge is 0.328 e. The number of methoxy groups -OCH3 is 1. The van der Waals surface area contributed by atoms with Crippen LogP contribution in [0, 0.1) is 0 Å². The SMILES string of the molecule is CCC(=O)[O-].CCC(=O)[O-].CO[C](=O)[SnH+2].O=C(O)/C=C\C(=O)O. The average molecular weight is 441 g/mol. The van der Waals surface area contributed by atoms with E-state index < -0.39 is 23.9 Å². The van der Waals surface area contributed by atoms with E-state index in [1.807, 2.05) is 0 Å². The van der Waals surface area contributed by atoms with Gasteiger partial charge in [-0.2, -0.15) is 0 Å². The Bertz CT molecular complexity index is 353. The fourth-order valence-corrected chi connectivity index (χ4v) is 0.143. The van der Waals surface area contributed by atoms with Crippen molar-refractivity contribution in [1.29, 1.82) is 0 Å². The fourth-order valence-electron chi connectivity index (χ4n) is 0.143. The second kappa shape index (κ2) is 22.2. The molecule has 130 valence electrons. The first-order valence-corrected chi connectivity index (χ1v) is 7.46. The van der Waals surface area contributed by atoms with Crippen LogP contribution in [-0.2, 0) is 23.9 Å². The third-order valence-electron chi connectivity index (χ3n) is 1.15. The summed E-state index contributed by atoms with van der Waals surface area (Å²) in [7, 11) is 1.38. The fraction of sp³-hybridized carbons (Fsp3) is 0.417. The van der Waals surface area contributed by atoms with Gasteiger partial charge in [-0.1, -0.05) is 13.8 Å². The van der Waals surface area contributed by atoms with Gasteiger partial charge in [-0.05, 0) is 12.8 Å². The van der Waals surface area contributed by atoms with Gasteiger partial charge in [-0.3, -0.25) is 0 Å². The molecule has 10 nitrogen and oxygen atoms in total. The predicted octanol–water partition coefficient (Wildman–Crippen LogP) is -2.34. The summed E-state index contributed by atoms with van der Waals surface area (Å²) in [5, 5.41) is 34.1. The summed E-state index contributed by atoms with van der Waals surface area (Å²) < 4.78 is 4.05. The molecule has 0 rings (SSSR count). The van der Waals surface area contributed by atoms with Gasteiger partial charge in [0.15, 0.2) is 0 Å². The molecule has 0 saturated heterocycles. The monoisotopic (exact) mass is 442 g/mol. The maximum absolute atomic E-state index is 9.65. The zero-order valence-electron chi connectivity index (χ0n) is 12.8. The Balaban J connectivity index is -0.000000108. The van der Waals surface area contributed by atoms with Crippen LogP contribution in [0.2, 0.25) is 0 Å². The Labute approximate surface area is 145 Å². The summed E-state index contributed by atoms with van der Waals surface area (Å²) in [4.78, 5) is 47.3. The Kier molecular flexibility index (Phi) is 27.9. The van der Waals surface area contributed by atoms with Crippen LogP contribution in [0.3, 0.4) is 0 Å². The number of rotatable bonds is 4. The molecule has 0 aromatic rings. The van der Waals surface area contributed by atoms with Gasteiger partial charge >= 0.3 is 55.1 Å². The molecule has 0 aliphatic carbocycles. The van der Waals surface area contributed by atoms with Crippen LogP contribution in [0.25, 0.3) is 0 Å². The normalized spacial score (nSPS) is 7.91. The predicted molar refractivity (Wildman–Crippen MR) is 74.6 cm³/mol. The zero-order valence-corrected chi connectivity index (χ0v) is 16.1. The van der Waals surface area contributed by atoms with E-state index in [2.05, 4.69) is 4.74 Å². The summed E-state index contributed by atoms with van der Waals surface area (Å²) in [5.74, 6) is -4.50. The second-order valence-corrected chi connectivity index (χ2v) is 4.33. The Morgan fingerprint density at radius 3 is 1.13 bits per heavy atom. The van der Waals surface area contributed by atoms with Crippen molar-refractivity contribution in [3.8, 4) is 0 Å². The minimum atomic E-state index is -1.26. The van der Waals surface area contributed by atoms with Crippen LogP contribution < -0.4 is 10.2 Å². The molecule has 0 atom stereocenters. The molecular weight excluding hydrogens is 423 g/mol. The molecule has 0 radical (unpaired) electrons. The Morgan fingerprint density at radius 2 is 1.09 bits per heavy atom. The first-order chi connectivity index (χ1) is 10.4. The third kappa shape index (κ3) is 80.6. The van der Waals surface area contributed by atoms with Crippen molar-refractivity contribution in [3.63, 3.8) is 0 Å². The first-order valence-electron chi connectivity index (χ1n) is 5.81. The molecule has 23 heavy (non-hydrogen) atoms. The summed E-state index contributed by atoms with van der Waals surface area (Å²) in [6.45, 7) is 3.07. The van der Waals surface area contributed by atoms with Gasteiger partial charge in [0.25, 0.3) is 0 Å². The number of carbonyl (C=O) groups excluding carboxylic acids is 3. The van der Waals surface area contributed by atoms with Crippen LogP contribution in [0.15, 0.2) is 12.2 Å². The minimum absolute atomic E-state index is 0.111. The van der Waals surface area contributed by atoms with Crippen molar-refractivity contribution >= 4 is 50.4 Å². The van der Waals surface area contributed by atoms with E-state index in [1.54, 1.807) is 0 Å². The van der Waals surface area contributed by atoms with E-state index in [4.69, 9.17) is 10.2 Å². The minimum Gasteiger partial charge on any atom is -0.478 e. The topological polar surface area (TPSA) is 181 Å². The molecule has 0 amide bonds. The molecule has 0 saturated carbocycles. The van der Waals surface area contributed by atoms with Gasteiger partial charge in [0.1, 0.15) is 0 Å². The molecule has 0 aromatic heterocycles. The number of carboxylic acids is 4. The molecule has 0 bridgehead atoms. The number of hydrogen-bond acceptors (Lipinski definition) is 8. The molecule has 0 heterocycles. The van der Waals surface area contributed by atoms with Crippen LogP contribution in [0.4, 0.5) is 4.79 Å². The second-order valence-electron chi connectivity index (χ2n) is 2.98. The van der Waals surface area contributed by atoms with E-state index in [9.17, 15) is 34.2 Å². The van der Waals surface area contributed by atoms with E-state index >= 15 is 0 Å². The molecule has 0 aliphatic heterocycles. The van der Waals surface area contributed by atoms with Crippen molar-refractivity contribution in [3.05, 3.63) is 12.2 Å². The molecule has 0 fully saturated rings. The first kappa shape index (κ1) is 29.0. The van der Waals surface area contributed by atoms with Crippen molar-refractivity contribution in [2.45, 2.75) is 26.7 Å². The van der Waals surface area contributed by atoms with Crippen molar-refractivity contribution < 1.29 is 49.1 Å². The quantitative estimate of drug-likeness (QED) is 0.354. The molecule has 2 N–H and O–H groups in total. The number of carbonyl (C=O) groups is 5. The van der Waals surface area contributed by atoms with Crippen molar-refractivity contribution in [1.82, 2.24) is 0 Å². The number of carboxylic acid groups (broad SMARTS) is 4. The van der Waals surface area contributed by atoms with Gasteiger partial charge in [0.2, 0.25) is 0 Å². The largest absolute Gasteiger partial charge is 0.478 e. The zero-order chi connectivity index (χ0) is 19.4. The summed E-state index contributed by atoms with van der Waals surface area (Å²) in [5.41, 5.74) is 0. The van der Waals surface area contributed by atoms with E-state index in [1.165, 1.54) is 21.0 Å². The van der Waals surface area contributed by atoms with Crippen LogP contribution in [0.5, 0.6) is 0 Å². The maximum atomic E-state index is 9.65. The molecule has 0 unspecified atom stereocenters. The van der Waals surface area contributed by atoms with Crippen LogP contribution in [-0.4, -0.2) is 67.7 Å². The van der Waals surface area contributed by atoms with E-state index in [0.717, 1.165) is 0 Å². The Hall–Kier alpha value is -2.11. The molecule has 0 aromatic carbocycles. The van der Waals surface area contributed by atoms with Crippen LogP contribution in [0.1, 0.15) is 26.7 Å². The molecular formula is C12H18O10Sn. The van der Waals surface area contributed by atoms with Gasteiger partial charge in [-0.15, -0.1) is 0 Å². The van der Waals surface area contributed by atoms with Gasteiger partial charge < -0.3 is 30.0 Å². The van der Waals surface area contributed by atoms with Gasteiger partial charge in [-0.25, -0.2) is 9.59 Å². The number of hydrogen-bond donors (Lipinski definition) is 2. The molecule has 0 spiro atoms. The molecule has 11 heteroatoms. The van der Waals surface area contributed by atoms with Crippen molar-refractivity contribution in [2.75, 3.05) is 7.11 Å². The van der Waals surface area contributed by atoms with E-state index in [0.29, 0.717) is 34.7 Å². The standard InChI is InChI=1S/C4H4O4.2C3H6O2.C2H3O2.Sn.H/c5-3(6)1-2-4(7)8;2*1-2-3(4)5;1-4-2-3;;/h1-2H,(H,5,6)(H,7,8);2*2H2,1H3,(H,4,5);1H3;;/q;;;;+2;/p-2/b2-1-;;;;;. The van der Waals surface area contributed by atoms with Gasteiger partial charge in [0, 0.05) is 24.1 Å². The molecule has 0 aliphatic rings. The van der Waals surface area contributed by atoms with Gasteiger partial charge in [0.05, 0.1) is 0 Å². The van der Waals surface area contributed by atoms with Crippen LogP contribution >= 0.6 is 0 Å². The Morgan fingerprint density at radius 1 is 0.913 bits per heavy atom. The maximum Gasteiger partial charge on any atom is 0.328 e. The number of aliphatic carboxylic acids is 4. The summed E-state index contributed by atoms with van der Waals surface area (Å²) in [6, 6.07) is 0. The third-order valence-corrected chi connectivity index (χ3v) is 1.82. The van der Waals surface area contributed by atoms with Crippen molar-refractivity contribution in [2.24, 2.45) is 0 Å². The number of ether oxygens (including phenoxy) is 1. The summed E-state index contributed by atoms with van der Waals surface area (Å²) in [6.07, 6.45) is 1.34. The summed E-state index contributed by atoms with van der Waals surface area (Å²) >= 11 is 0.563.